The molecule has 96 valence electrons. The Labute approximate surface area is 106 Å². The van der Waals surface area contributed by atoms with Gasteiger partial charge in [-0.1, -0.05) is 6.08 Å². The molecule has 1 rings (SSSR count). The quantitative estimate of drug-likeness (QED) is 0.792. The number of amides is 2. The van der Waals surface area contributed by atoms with Gasteiger partial charge in [-0.25, -0.2) is 0 Å². The topological polar surface area (TPSA) is 72.6 Å². The second-order valence-electron chi connectivity index (χ2n) is 3.79. The van der Waals surface area contributed by atoms with Crippen LogP contribution in [-0.4, -0.2) is 37.4 Å². The minimum Gasteiger partial charge on any atom is -0.497 e. The van der Waals surface area contributed by atoms with Crippen LogP contribution < -0.4 is 10.5 Å². The Morgan fingerprint density at radius 3 is 2.50 bits per heavy atom. The Bertz CT molecular complexity index is 483. The Morgan fingerprint density at radius 1 is 1.39 bits per heavy atom. The monoisotopic (exact) mass is 248 g/mol. The summed E-state index contributed by atoms with van der Waals surface area (Å²) in [6, 6.07) is 4.51. The van der Waals surface area contributed by atoms with Gasteiger partial charge < -0.3 is 15.4 Å². The van der Waals surface area contributed by atoms with E-state index >= 15 is 0 Å². The van der Waals surface area contributed by atoms with Crippen LogP contribution in [0.15, 0.2) is 30.9 Å². The molecule has 0 saturated carbocycles. The molecule has 0 aliphatic carbocycles. The number of hydrogen-bond donors (Lipinski definition) is 1. The first-order valence-corrected chi connectivity index (χ1v) is 5.34. The number of benzene rings is 1. The Morgan fingerprint density at radius 2 is 2.00 bits per heavy atom. The Balaban J connectivity index is 3.15. The van der Waals surface area contributed by atoms with Crippen molar-refractivity contribution in [1.29, 1.82) is 0 Å². The molecule has 0 atom stereocenters. The van der Waals surface area contributed by atoms with Gasteiger partial charge >= 0.3 is 0 Å². The standard InChI is InChI=1S/C13H16N2O3/c1-4-5-15(2)13(17)10-6-9(12(14)16)7-11(8-10)18-3/h4,6-8H,1,5H2,2-3H3,(H2,14,16). The van der Waals surface area contributed by atoms with Gasteiger partial charge in [0.2, 0.25) is 5.91 Å². The molecule has 1 aromatic rings. The molecule has 0 aromatic heterocycles. The number of rotatable bonds is 5. The molecule has 0 heterocycles. The highest BCUT2D eigenvalue weighted by Crippen LogP contribution is 2.18. The fourth-order valence-electron chi connectivity index (χ4n) is 1.48. The zero-order valence-corrected chi connectivity index (χ0v) is 10.5. The summed E-state index contributed by atoms with van der Waals surface area (Å²) in [6.45, 7) is 3.98. The van der Waals surface area contributed by atoms with Crippen LogP contribution >= 0.6 is 0 Å². The van der Waals surface area contributed by atoms with E-state index in [2.05, 4.69) is 6.58 Å². The van der Waals surface area contributed by atoms with E-state index in [1.54, 1.807) is 19.2 Å². The molecular weight excluding hydrogens is 232 g/mol. The van der Waals surface area contributed by atoms with Crippen molar-refractivity contribution in [1.82, 2.24) is 4.90 Å². The summed E-state index contributed by atoms with van der Waals surface area (Å²) in [7, 11) is 3.11. The molecule has 2 N–H and O–H groups in total. The average molecular weight is 248 g/mol. The fourth-order valence-corrected chi connectivity index (χ4v) is 1.48. The average Bonchev–Trinajstić information content (AvgIpc) is 2.37. The van der Waals surface area contributed by atoms with Crippen LogP contribution in [0.1, 0.15) is 20.7 Å². The maximum Gasteiger partial charge on any atom is 0.254 e. The SMILES string of the molecule is C=CCN(C)C(=O)c1cc(OC)cc(C(N)=O)c1. The molecule has 5 heteroatoms. The number of primary amides is 1. The smallest absolute Gasteiger partial charge is 0.254 e. The third-order valence-electron chi connectivity index (χ3n) is 2.42. The highest BCUT2D eigenvalue weighted by Gasteiger charge is 2.14. The summed E-state index contributed by atoms with van der Waals surface area (Å²) in [5.74, 6) is -0.410. The van der Waals surface area contributed by atoms with Crippen molar-refractivity contribution in [3.8, 4) is 5.75 Å². The van der Waals surface area contributed by atoms with Gasteiger partial charge in [-0.15, -0.1) is 6.58 Å². The predicted octanol–water partition coefficient (Wildman–Crippen LogP) is 1.05. The number of carbonyl (C=O) groups excluding carboxylic acids is 2. The summed E-state index contributed by atoms with van der Waals surface area (Å²) in [4.78, 5) is 24.7. The highest BCUT2D eigenvalue weighted by molar-refractivity contribution is 5.99. The van der Waals surface area contributed by atoms with Gasteiger partial charge in [0.05, 0.1) is 7.11 Å². The number of nitrogens with two attached hydrogens (primary N) is 1. The molecule has 2 amide bonds. The van der Waals surface area contributed by atoms with Crippen molar-refractivity contribution in [2.75, 3.05) is 20.7 Å². The molecule has 0 bridgehead atoms. The van der Waals surface area contributed by atoms with Crippen molar-refractivity contribution in [2.45, 2.75) is 0 Å². The van der Waals surface area contributed by atoms with E-state index in [-0.39, 0.29) is 11.5 Å². The lowest BCUT2D eigenvalue weighted by Crippen LogP contribution is -2.27. The van der Waals surface area contributed by atoms with Crippen molar-refractivity contribution in [3.63, 3.8) is 0 Å². The van der Waals surface area contributed by atoms with Crippen LogP contribution in [0, 0.1) is 0 Å². The molecule has 18 heavy (non-hydrogen) atoms. The minimum absolute atomic E-state index is 0.226. The van der Waals surface area contributed by atoms with Crippen molar-refractivity contribution in [3.05, 3.63) is 42.0 Å². The Hall–Kier alpha value is -2.30. The number of nitrogens with zero attached hydrogens (tertiary/aromatic N) is 1. The van der Waals surface area contributed by atoms with E-state index in [4.69, 9.17) is 10.5 Å². The number of likely N-dealkylation sites (N-methyl/N-ethyl adjacent to an activating group) is 1. The highest BCUT2D eigenvalue weighted by atomic mass is 16.5. The number of carbonyl (C=O) groups is 2. The zero-order chi connectivity index (χ0) is 13.7. The first kappa shape index (κ1) is 13.8. The van der Waals surface area contributed by atoms with Gasteiger partial charge in [0.25, 0.3) is 5.91 Å². The van der Waals surface area contributed by atoms with E-state index in [1.165, 1.54) is 24.1 Å². The Kier molecular flexibility index (Phi) is 4.48. The van der Waals surface area contributed by atoms with Gasteiger partial charge in [0, 0.05) is 24.7 Å². The first-order valence-electron chi connectivity index (χ1n) is 5.34. The normalized spacial score (nSPS) is 9.67. The second kappa shape index (κ2) is 5.86. The van der Waals surface area contributed by atoms with Gasteiger partial charge in [-0.05, 0) is 18.2 Å². The van der Waals surface area contributed by atoms with Crippen molar-refractivity contribution < 1.29 is 14.3 Å². The van der Waals surface area contributed by atoms with Crippen LogP contribution in [0.2, 0.25) is 0 Å². The summed E-state index contributed by atoms with van der Waals surface area (Å²) in [6.07, 6.45) is 1.62. The lowest BCUT2D eigenvalue weighted by atomic mass is 10.1. The van der Waals surface area contributed by atoms with Crippen molar-refractivity contribution in [2.24, 2.45) is 5.73 Å². The number of hydrogen-bond acceptors (Lipinski definition) is 3. The van der Waals surface area contributed by atoms with E-state index in [0.717, 1.165) is 0 Å². The second-order valence-corrected chi connectivity index (χ2v) is 3.79. The van der Waals surface area contributed by atoms with Gasteiger partial charge in [-0.2, -0.15) is 0 Å². The zero-order valence-electron chi connectivity index (χ0n) is 10.5. The van der Waals surface area contributed by atoms with Gasteiger partial charge in [0.15, 0.2) is 0 Å². The molecule has 0 saturated heterocycles. The van der Waals surface area contributed by atoms with Gasteiger partial charge in [0.1, 0.15) is 5.75 Å². The lowest BCUT2D eigenvalue weighted by Gasteiger charge is -2.15. The van der Waals surface area contributed by atoms with Crippen LogP contribution in [-0.2, 0) is 0 Å². The molecule has 5 nitrogen and oxygen atoms in total. The van der Waals surface area contributed by atoms with Crippen LogP contribution in [0.4, 0.5) is 0 Å². The molecular formula is C13H16N2O3. The summed E-state index contributed by atoms with van der Waals surface area (Å²) < 4.78 is 5.04. The largest absolute Gasteiger partial charge is 0.497 e. The number of methoxy groups -OCH3 is 1. The minimum atomic E-state index is -0.602. The summed E-state index contributed by atoms with van der Waals surface area (Å²) in [5.41, 5.74) is 5.80. The fraction of sp³-hybridized carbons (Fsp3) is 0.231. The molecule has 0 fully saturated rings. The predicted molar refractivity (Wildman–Crippen MR) is 68.7 cm³/mol. The molecule has 0 spiro atoms. The summed E-state index contributed by atoms with van der Waals surface area (Å²) in [5, 5.41) is 0. The molecule has 0 unspecified atom stereocenters. The van der Waals surface area contributed by atoms with Gasteiger partial charge in [-0.3, -0.25) is 9.59 Å². The molecule has 0 aliphatic heterocycles. The maximum absolute atomic E-state index is 12.0. The third kappa shape index (κ3) is 3.10. The van der Waals surface area contributed by atoms with E-state index in [9.17, 15) is 9.59 Å². The van der Waals surface area contributed by atoms with E-state index in [0.29, 0.717) is 17.9 Å². The first-order chi connectivity index (χ1) is 8.49. The van der Waals surface area contributed by atoms with Crippen LogP contribution in [0.25, 0.3) is 0 Å². The van der Waals surface area contributed by atoms with E-state index in [1.807, 2.05) is 0 Å². The number of ether oxygens (including phenoxy) is 1. The lowest BCUT2D eigenvalue weighted by molar-refractivity contribution is 0.0810. The summed E-state index contributed by atoms with van der Waals surface area (Å²) >= 11 is 0. The van der Waals surface area contributed by atoms with Crippen LogP contribution in [0.3, 0.4) is 0 Å². The molecule has 1 aromatic carbocycles. The van der Waals surface area contributed by atoms with Crippen LogP contribution in [0.5, 0.6) is 5.75 Å². The molecule has 0 aliphatic rings. The van der Waals surface area contributed by atoms with Crippen molar-refractivity contribution >= 4 is 11.8 Å². The maximum atomic E-state index is 12.0. The molecule has 0 radical (unpaired) electrons. The van der Waals surface area contributed by atoms with E-state index < -0.39 is 5.91 Å². The third-order valence-corrected chi connectivity index (χ3v) is 2.42.